The van der Waals surface area contributed by atoms with E-state index in [1.165, 1.54) is 16.4 Å². The molecule has 1 aliphatic heterocycles. The van der Waals surface area contributed by atoms with Crippen molar-refractivity contribution < 1.29 is 17.6 Å². The zero-order valence-corrected chi connectivity index (χ0v) is 17.2. The first-order valence-corrected chi connectivity index (χ1v) is 11.1. The fourth-order valence-corrected chi connectivity index (χ4v) is 4.81. The number of benzene rings is 2. The van der Waals surface area contributed by atoms with Crippen LogP contribution < -0.4 is 5.32 Å². The molecule has 1 aliphatic rings. The van der Waals surface area contributed by atoms with Gasteiger partial charge in [0.05, 0.1) is 10.9 Å². The standard InChI is InChI=1S/C21H26FN3O3S/c1-17(21(26)23-12-11-18-7-9-19(22)10-8-18)24-13-15-25(16-14-24)29(27,28)20-5-3-2-4-6-20/h2-10,17H,11-16H2,1H3,(H,23,26). The van der Waals surface area contributed by atoms with Crippen LogP contribution in [-0.4, -0.2) is 62.3 Å². The molecule has 0 spiro atoms. The molecule has 0 aromatic heterocycles. The Morgan fingerprint density at radius 2 is 1.66 bits per heavy atom. The van der Waals surface area contributed by atoms with Crippen LogP contribution in [0.1, 0.15) is 12.5 Å². The molecule has 0 saturated carbocycles. The van der Waals surface area contributed by atoms with E-state index in [9.17, 15) is 17.6 Å². The van der Waals surface area contributed by atoms with E-state index in [2.05, 4.69) is 5.32 Å². The fraction of sp³-hybridized carbons (Fsp3) is 0.381. The van der Waals surface area contributed by atoms with Crippen molar-refractivity contribution in [3.63, 3.8) is 0 Å². The molecule has 3 rings (SSSR count). The van der Waals surface area contributed by atoms with E-state index in [1.807, 2.05) is 11.8 Å². The predicted molar refractivity (Wildman–Crippen MR) is 109 cm³/mol. The predicted octanol–water partition coefficient (Wildman–Crippen LogP) is 1.88. The maximum atomic E-state index is 12.9. The fourth-order valence-electron chi connectivity index (χ4n) is 3.37. The van der Waals surface area contributed by atoms with Crippen LogP contribution in [0.2, 0.25) is 0 Å². The number of sulfonamides is 1. The molecule has 1 atom stereocenters. The van der Waals surface area contributed by atoms with Crippen LogP contribution in [0.5, 0.6) is 0 Å². The highest BCUT2D eigenvalue weighted by Crippen LogP contribution is 2.18. The van der Waals surface area contributed by atoms with E-state index in [0.29, 0.717) is 44.0 Å². The second kappa shape index (κ2) is 9.47. The van der Waals surface area contributed by atoms with Crippen LogP contribution >= 0.6 is 0 Å². The number of hydrogen-bond donors (Lipinski definition) is 1. The first-order valence-electron chi connectivity index (χ1n) is 9.69. The summed E-state index contributed by atoms with van der Waals surface area (Å²) in [6, 6.07) is 14.3. The van der Waals surface area contributed by atoms with Gasteiger partial charge < -0.3 is 5.32 Å². The number of piperazine rings is 1. The molecule has 2 aromatic rings. The van der Waals surface area contributed by atoms with Crippen molar-refractivity contribution in [1.82, 2.24) is 14.5 Å². The van der Waals surface area contributed by atoms with Gasteiger partial charge in [0.2, 0.25) is 15.9 Å². The van der Waals surface area contributed by atoms with Gasteiger partial charge >= 0.3 is 0 Å². The molecule has 1 unspecified atom stereocenters. The molecule has 0 aliphatic carbocycles. The van der Waals surface area contributed by atoms with Crippen LogP contribution in [0, 0.1) is 5.82 Å². The molecular formula is C21H26FN3O3S. The third-order valence-corrected chi connectivity index (χ3v) is 7.12. The zero-order chi connectivity index (χ0) is 20.9. The van der Waals surface area contributed by atoms with Crippen LogP contribution in [0.15, 0.2) is 59.5 Å². The van der Waals surface area contributed by atoms with E-state index in [1.54, 1.807) is 42.5 Å². The Bertz CT molecular complexity index is 912. The minimum absolute atomic E-state index is 0.0912. The van der Waals surface area contributed by atoms with Crippen LogP contribution in [0.3, 0.4) is 0 Å². The molecule has 1 N–H and O–H groups in total. The molecule has 1 fully saturated rings. The van der Waals surface area contributed by atoms with Crippen LogP contribution in [0.4, 0.5) is 4.39 Å². The molecule has 156 valence electrons. The number of rotatable bonds is 7. The van der Waals surface area contributed by atoms with Gasteiger partial charge in [0, 0.05) is 32.7 Å². The lowest BCUT2D eigenvalue weighted by Gasteiger charge is -2.36. The van der Waals surface area contributed by atoms with E-state index in [0.717, 1.165) is 5.56 Å². The van der Waals surface area contributed by atoms with Gasteiger partial charge in [0.1, 0.15) is 5.82 Å². The molecule has 1 heterocycles. The monoisotopic (exact) mass is 419 g/mol. The quantitative estimate of drug-likeness (QED) is 0.744. The van der Waals surface area contributed by atoms with Crippen molar-refractivity contribution in [3.8, 4) is 0 Å². The van der Waals surface area contributed by atoms with Gasteiger partial charge in [-0.15, -0.1) is 0 Å². The Morgan fingerprint density at radius 3 is 2.28 bits per heavy atom. The van der Waals surface area contributed by atoms with E-state index in [4.69, 9.17) is 0 Å². The Hall–Kier alpha value is -2.29. The number of carbonyl (C=O) groups is 1. The summed E-state index contributed by atoms with van der Waals surface area (Å²) in [6.07, 6.45) is 0.627. The van der Waals surface area contributed by atoms with Gasteiger partial charge in [-0.1, -0.05) is 30.3 Å². The molecule has 6 nitrogen and oxygen atoms in total. The summed E-state index contributed by atoms with van der Waals surface area (Å²) in [5, 5.41) is 2.90. The summed E-state index contributed by atoms with van der Waals surface area (Å²) in [6.45, 7) is 4.00. The average molecular weight is 420 g/mol. The van der Waals surface area contributed by atoms with Gasteiger partial charge in [-0.05, 0) is 43.2 Å². The highest BCUT2D eigenvalue weighted by molar-refractivity contribution is 7.89. The molecule has 29 heavy (non-hydrogen) atoms. The average Bonchev–Trinajstić information content (AvgIpc) is 2.75. The maximum absolute atomic E-state index is 12.9. The second-order valence-corrected chi connectivity index (χ2v) is 9.03. The highest BCUT2D eigenvalue weighted by atomic mass is 32.2. The van der Waals surface area contributed by atoms with Crippen molar-refractivity contribution in [2.75, 3.05) is 32.7 Å². The van der Waals surface area contributed by atoms with Crippen molar-refractivity contribution in [1.29, 1.82) is 0 Å². The molecular weight excluding hydrogens is 393 g/mol. The van der Waals surface area contributed by atoms with Gasteiger partial charge in [-0.3, -0.25) is 9.69 Å². The third kappa shape index (κ3) is 5.41. The number of nitrogens with zero attached hydrogens (tertiary/aromatic N) is 2. The smallest absolute Gasteiger partial charge is 0.243 e. The summed E-state index contributed by atoms with van der Waals surface area (Å²) in [4.78, 5) is 14.7. The first kappa shape index (κ1) is 21.4. The second-order valence-electron chi connectivity index (χ2n) is 7.10. The lowest BCUT2D eigenvalue weighted by atomic mass is 10.1. The molecule has 1 amide bonds. The summed E-state index contributed by atoms with van der Waals surface area (Å²) >= 11 is 0. The lowest BCUT2D eigenvalue weighted by Crippen LogP contribution is -2.55. The van der Waals surface area contributed by atoms with Crippen LogP contribution in [-0.2, 0) is 21.2 Å². The van der Waals surface area contributed by atoms with Gasteiger partial charge in [0.25, 0.3) is 0 Å². The summed E-state index contributed by atoms with van der Waals surface area (Å²) < 4.78 is 39.8. The Labute approximate surface area is 171 Å². The molecule has 1 saturated heterocycles. The normalized spacial score (nSPS) is 17.0. The Morgan fingerprint density at radius 1 is 1.03 bits per heavy atom. The molecule has 0 radical (unpaired) electrons. The Balaban J connectivity index is 1.47. The summed E-state index contributed by atoms with van der Waals surface area (Å²) in [5.41, 5.74) is 0.957. The van der Waals surface area contributed by atoms with Crippen molar-refractivity contribution in [2.45, 2.75) is 24.3 Å². The maximum Gasteiger partial charge on any atom is 0.243 e. The number of carbonyl (C=O) groups excluding carboxylic acids is 1. The van der Waals surface area contributed by atoms with Crippen LogP contribution in [0.25, 0.3) is 0 Å². The number of nitrogens with one attached hydrogen (secondary N) is 1. The summed E-state index contributed by atoms with van der Waals surface area (Å²) in [7, 11) is -3.50. The molecule has 8 heteroatoms. The van der Waals surface area contributed by atoms with E-state index >= 15 is 0 Å². The van der Waals surface area contributed by atoms with Gasteiger partial charge in [-0.25, -0.2) is 12.8 Å². The number of amides is 1. The molecule has 0 bridgehead atoms. The largest absolute Gasteiger partial charge is 0.354 e. The summed E-state index contributed by atoms with van der Waals surface area (Å²) in [5.74, 6) is -0.369. The minimum atomic E-state index is -3.50. The first-order chi connectivity index (χ1) is 13.9. The van der Waals surface area contributed by atoms with Gasteiger partial charge in [-0.2, -0.15) is 4.31 Å². The van der Waals surface area contributed by atoms with Crippen molar-refractivity contribution >= 4 is 15.9 Å². The van der Waals surface area contributed by atoms with E-state index < -0.39 is 10.0 Å². The van der Waals surface area contributed by atoms with Crippen molar-refractivity contribution in [2.24, 2.45) is 0 Å². The lowest BCUT2D eigenvalue weighted by molar-refractivity contribution is -0.126. The SMILES string of the molecule is CC(C(=O)NCCc1ccc(F)cc1)N1CCN(S(=O)(=O)c2ccccc2)CC1. The topological polar surface area (TPSA) is 69.7 Å². The number of halogens is 1. The molecule has 2 aromatic carbocycles. The Kier molecular flexibility index (Phi) is 7.00. The van der Waals surface area contributed by atoms with Gasteiger partial charge in [0.15, 0.2) is 0 Å². The van der Waals surface area contributed by atoms with E-state index in [-0.39, 0.29) is 17.8 Å². The highest BCUT2D eigenvalue weighted by Gasteiger charge is 2.31. The minimum Gasteiger partial charge on any atom is -0.354 e. The van der Waals surface area contributed by atoms with Crippen molar-refractivity contribution in [3.05, 3.63) is 66.0 Å². The number of hydrogen-bond acceptors (Lipinski definition) is 4. The third-order valence-electron chi connectivity index (χ3n) is 5.21. The zero-order valence-electron chi connectivity index (χ0n) is 16.4.